The molecule has 4 rings (SSSR count). The zero-order chi connectivity index (χ0) is 29.7. The maximum Gasteiger partial charge on any atom is 0.147 e. The summed E-state index contributed by atoms with van der Waals surface area (Å²) in [6, 6.07) is 33.9. The van der Waals surface area contributed by atoms with Gasteiger partial charge >= 0.3 is 0 Å². The van der Waals surface area contributed by atoms with Crippen LogP contribution in [-0.4, -0.2) is 68.7 Å². The van der Waals surface area contributed by atoms with E-state index in [1.165, 1.54) is 22.0 Å². The fourth-order valence-corrected chi connectivity index (χ4v) is 12.4. The fraction of sp³-hybridized carbons (Fsp3) is 0.294. The third-order valence-electron chi connectivity index (χ3n) is 7.45. The molecule has 0 atom stereocenters. The van der Waals surface area contributed by atoms with Gasteiger partial charge < -0.3 is 24.2 Å². The van der Waals surface area contributed by atoms with Crippen LogP contribution in [0.5, 0.6) is 0 Å². The Morgan fingerprint density at radius 1 is 0.488 bits per heavy atom. The van der Waals surface area contributed by atoms with Crippen molar-refractivity contribution in [3.05, 3.63) is 97.1 Å². The largest absolute Gasteiger partial charge is 0.377 e. The van der Waals surface area contributed by atoms with Crippen LogP contribution in [-0.2, 0) is 4.57 Å². The molecule has 0 unspecified atom stereocenters. The highest BCUT2D eigenvalue weighted by atomic mass is 31.2. The Morgan fingerprint density at radius 3 is 1.17 bits per heavy atom. The van der Waals surface area contributed by atoms with Crippen LogP contribution in [0.2, 0.25) is 0 Å². The molecule has 0 fully saturated rings. The number of rotatable bonds is 11. The maximum absolute atomic E-state index is 15.8. The quantitative estimate of drug-likeness (QED) is 0.220. The van der Waals surface area contributed by atoms with Gasteiger partial charge in [-0.05, 0) is 50.5 Å². The van der Waals surface area contributed by atoms with E-state index in [0.717, 1.165) is 28.1 Å². The average Bonchev–Trinajstić information content (AvgIpc) is 2.97. The van der Waals surface area contributed by atoms with Crippen molar-refractivity contribution in [3.8, 4) is 0 Å². The molecular weight excluding hydrogens is 542 g/mol. The van der Waals surface area contributed by atoms with E-state index in [1.54, 1.807) is 0 Å². The zero-order valence-electron chi connectivity index (χ0n) is 25.7. The zero-order valence-corrected chi connectivity index (χ0v) is 27.5. The Hall–Kier alpha value is -3.26. The van der Waals surface area contributed by atoms with Gasteiger partial charge in [0.1, 0.15) is 7.14 Å². The topological polar surface area (TPSA) is 30.0 Å². The molecule has 0 saturated heterocycles. The lowest BCUT2D eigenvalue weighted by Crippen LogP contribution is -2.30. The van der Waals surface area contributed by atoms with E-state index in [2.05, 4.69) is 121 Å². The van der Waals surface area contributed by atoms with E-state index < -0.39 is 15.1 Å². The fourth-order valence-electron chi connectivity index (χ4n) is 5.42. The highest BCUT2D eigenvalue weighted by Crippen LogP contribution is 2.52. The summed E-state index contributed by atoms with van der Waals surface area (Å²) in [5.41, 5.74) is 4.45. The predicted molar refractivity (Wildman–Crippen MR) is 186 cm³/mol. The third-order valence-corrected chi connectivity index (χ3v) is 13.6. The van der Waals surface area contributed by atoms with Crippen LogP contribution < -0.4 is 40.8 Å². The van der Waals surface area contributed by atoms with Gasteiger partial charge in [-0.15, -0.1) is 0 Å². The molecule has 0 aliphatic rings. The van der Waals surface area contributed by atoms with E-state index in [1.807, 2.05) is 52.5 Å². The van der Waals surface area contributed by atoms with Crippen LogP contribution in [0.4, 0.5) is 22.7 Å². The third kappa shape index (κ3) is 6.48. The first-order valence-electron chi connectivity index (χ1n) is 14.0. The summed E-state index contributed by atoms with van der Waals surface area (Å²) < 4.78 is 15.8. The van der Waals surface area contributed by atoms with Gasteiger partial charge in [-0.3, -0.25) is 0 Å². The summed E-state index contributed by atoms with van der Waals surface area (Å²) in [5.74, 6) is 0. The molecule has 0 heterocycles. The smallest absolute Gasteiger partial charge is 0.147 e. The highest BCUT2D eigenvalue weighted by molar-refractivity contribution is 7.81. The number of hydrogen-bond donors (Lipinski definition) is 0. The Kier molecular flexibility index (Phi) is 9.84. The van der Waals surface area contributed by atoms with Crippen LogP contribution in [0.1, 0.15) is 0 Å². The van der Waals surface area contributed by atoms with Gasteiger partial charge in [-0.2, -0.15) is 0 Å². The molecule has 0 aromatic heterocycles. The second-order valence-electron chi connectivity index (χ2n) is 11.1. The van der Waals surface area contributed by atoms with Crippen molar-refractivity contribution in [2.45, 2.75) is 0 Å². The van der Waals surface area contributed by atoms with Gasteiger partial charge in [0, 0.05) is 107 Å². The Morgan fingerprint density at radius 2 is 0.805 bits per heavy atom. The van der Waals surface area contributed by atoms with Crippen molar-refractivity contribution in [2.24, 2.45) is 0 Å². The summed E-state index contributed by atoms with van der Waals surface area (Å²) in [6.07, 6.45) is 1.36. The molecule has 5 nitrogen and oxygen atoms in total. The number of nitrogens with zero attached hydrogens (tertiary/aromatic N) is 4. The van der Waals surface area contributed by atoms with Crippen molar-refractivity contribution in [2.75, 3.05) is 88.3 Å². The van der Waals surface area contributed by atoms with Gasteiger partial charge in [0.05, 0.1) is 0 Å². The molecule has 0 N–H and O–H groups in total. The van der Waals surface area contributed by atoms with Crippen molar-refractivity contribution in [1.82, 2.24) is 0 Å². The van der Waals surface area contributed by atoms with Gasteiger partial charge in [0.15, 0.2) is 0 Å². The molecule has 41 heavy (non-hydrogen) atoms. The molecule has 0 amide bonds. The molecule has 0 aliphatic carbocycles. The molecule has 0 saturated carbocycles. The molecular formula is C34H44N4OP2. The standard InChI is InChI=1S/C34H44N4OP2/c1-35(2)27-17-9-13-21-31(27)40(32-22-14-10-18-28(32)36(3)4)25-26-41(39,33-23-15-11-19-29(33)37(5)6)34-24-16-12-20-30(34)38(7)8/h9-24H,25-26H2,1-8H3. The molecule has 4 aromatic rings. The Balaban J connectivity index is 1.94. The lowest BCUT2D eigenvalue weighted by molar-refractivity contribution is 0.588. The van der Waals surface area contributed by atoms with Crippen molar-refractivity contribution in [1.29, 1.82) is 0 Å². The van der Waals surface area contributed by atoms with Gasteiger partial charge in [-0.25, -0.2) is 0 Å². The first-order chi connectivity index (χ1) is 19.6. The minimum Gasteiger partial charge on any atom is -0.377 e. The summed E-state index contributed by atoms with van der Waals surface area (Å²) in [4.78, 5) is 8.58. The lowest BCUT2D eigenvalue weighted by Gasteiger charge is -2.32. The number of para-hydroxylation sites is 4. The van der Waals surface area contributed by atoms with E-state index in [4.69, 9.17) is 0 Å². The van der Waals surface area contributed by atoms with Gasteiger partial charge in [-0.1, -0.05) is 60.7 Å². The average molecular weight is 587 g/mol. The van der Waals surface area contributed by atoms with Crippen molar-refractivity contribution < 1.29 is 4.57 Å². The molecule has 0 aliphatic heterocycles. The molecule has 0 radical (unpaired) electrons. The summed E-state index contributed by atoms with van der Waals surface area (Å²) in [7, 11) is 12.7. The first kappa shape index (κ1) is 30.7. The summed E-state index contributed by atoms with van der Waals surface area (Å²) in [6.45, 7) is 0. The van der Waals surface area contributed by atoms with E-state index in [0.29, 0.717) is 6.16 Å². The highest BCUT2D eigenvalue weighted by Gasteiger charge is 2.35. The molecule has 0 bridgehead atoms. The molecule has 7 heteroatoms. The molecule has 0 spiro atoms. The van der Waals surface area contributed by atoms with Gasteiger partial charge in [0.2, 0.25) is 0 Å². The minimum atomic E-state index is -3.07. The van der Waals surface area contributed by atoms with E-state index in [-0.39, 0.29) is 0 Å². The summed E-state index contributed by atoms with van der Waals surface area (Å²) in [5, 5.41) is 4.48. The normalized spacial score (nSPS) is 11.4. The van der Waals surface area contributed by atoms with Crippen LogP contribution in [0.15, 0.2) is 97.1 Å². The predicted octanol–water partition coefficient (Wildman–Crippen LogP) is 5.40. The minimum absolute atomic E-state index is 0.567. The van der Waals surface area contributed by atoms with Crippen molar-refractivity contribution in [3.63, 3.8) is 0 Å². The molecule has 216 valence electrons. The Labute approximate surface area is 248 Å². The number of hydrogen-bond acceptors (Lipinski definition) is 5. The van der Waals surface area contributed by atoms with E-state index >= 15 is 4.57 Å². The van der Waals surface area contributed by atoms with Gasteiger partial charge in [0.25, 0.3) is 0 Å². The first-order valence-corrected chi connectivity index (χ1v) is 17.4. The van der Waals surface area contributed by atoms with Crippen LogP contribution in [0.25, 0.3) is 0 Å². The second kappa shape index (κ2) is 13.1. The SMILES string of the molecule is CN(C)c1ccccc1P(CCP(=O)(c1ccccc1N(C)C)c1ccccc1N(C)C)c1ccccc1N(C)C. The summed E-state index contributed by atoms with van der Waals surface area (Å²) >= 11 is 0. The van der Waals surface area contributed by atoms with Crippen LogP contribution >= 0.6 is 15.1 Å². The van der Waals surface area contributed by atoms with Crippen LogP contribution in [0.3, 0.4) is 0 Å². The van der Waals surface area contributed by atoms with Crippen molar-refractivity contribution >= 4 is 59.0 Å². The second-order valence-corrected chi connectivity index (χ2v) is 16.3. The van der Waals surface area contributed by atoms with E-state index in [9.17, 15) is 0 Å². The lowest BCUT2D eigenvalue weighted by atomic mass is 10.3. The molecule has 4 aromatic carbocycles. The Bertz CT molecular complexity index is 1410. The van der Waals surface area contributed by atoms with Crippen LogP contribution in [0, 0.1) is 0 Å². The maximum atomic E-state index is 15.8. The number of benzene rings is 4. The monoisotopic (exact) mass is 586 g/mol. The number of anilines is 4.